The summed E-state index contributed by atoms with van der Waals surface area (Å²) < 4.78 is 0. The summed E-state index contributed by atoms with van der Waals surface area (Å²) in [6.45, 7) is 6.14. The molecule has 1 aromatic heterocycles. The van der Waals surface area contributed by atoms with E-state index in [2.05, 4.69) is 35.7 Å². The van der Waals surface area contributed by atoms with Crippen molar-refractivity contribution in [3.63, 3.8) is 0 Å². The standard InChI is InChI=1S/C15H23BrN4/c16-9-14-10-17-15(18-11-14)20-7-3-13(4-8-20)12-19-5-1-2-6-19/h10-11,13H,1-9,12H2. The molecule has 0 radical (unpaired) electrons. The summed E-state index contributed by atoms with van der Waals surface area (Å²) in [5, 5.41) is 0.825. The maximum Gasteiger partial charge on any atom is 0.225 e. The molecule has 0 N–H and O–H groups in total. The van der Waals surface area contributed by atoms with E-state index in [9.17, 15) is 0 Å². The lowest BCUT2D eigenvalue weighted by molar-refractivity contribution is 0.249. The zero-order valence-electron chi connectivity index (χ0n) is 12.0. The molecule has 0 atom stereocenters. The van der Waals surface area contributed by atoms with Gasteiger partial charge in [-0.15, -0.1) is 0 Å². The average molecular weight is 339 g/mol. The van der Waals surface area contributed by atoms with Gasteiger partial charge in [0.2, 0.25) is 5.95 Å². The third-order valence-electron chi connectivity index (χ3n) is 4.46. The number of aromatic nitrogens is 2. The van der Waals surface area contributed by atoms with Crippen molar-refractivity contribution in [1.29, 1.82) is 0 Å². The van der Waals surface area contributed by atoms with Crippen LogP contribution in [0.4, 0.5) is 5.95 Å². The van der Waals surface area contributed by atoms with Crippen LogP contribution in [0, 0.1) is 5.92 Å². The van der Waals surface area contributed by atoms with Crippen molar-refractivity contribution in [3.8, 4) is 0 Å². The molecule has 4 nitrogen and oxygen atoms in total. The Balaban J connectivity index is 1.49. The van der Waals surface area contributed by atoms with E-state index in [1.165, 1.54) is 45.3 Å². The van der Waals surface area contributed by atoms with Crippen molar-refractivity contribution in [1.82, 2.24) is 14.9 Å². The summed E-state index contributed by atoms with van der Waals surface area (Å²) in [6.07, 6.45) is 9.19. The second-order valence-corrected chi connectivity index (χ2v) is 6.52. The van der Waals surface area contributed by atoms with Gasteiger partial charge in [0.25, 0.3) is 0 Å². The van der Waals surface area contributed by atoms with Gasteiger partial charge in [-0.1, -0.05) is 15.9 Å². The van der Waals surface area contributed by atoms with E-state index in [-0.39, 0.29) is 0 Å². The fraction of sp³-hybridized carbons (Fsp3) is 0.733. The van der Waals surface area contributed by atoms with E-state index >= 15 is 0 Å². The average Bonchev–Trinajstić information content (AvgIpc) is 3.01. The van der Waals surface area contributed by atoms with Crippen LogP contribution in [-0.4, -0.2) is 47.6 Å². The van der Waals surface area contributed by atoms with Crippen molar-refractivity contribution in [2.45, 2.75) is 31.0 Å². The van der Waals surface area contributed by atoms with E-state index in [4.69, 9.17) is 0 Å². The summed E-state index contributed by atoms with van der Waals surface area (Å²) in [6, 6.07) is 0. The van der Waals surface area contributed by atoms with Crippen LogP contribution in [0.2, 0.25) is 0 Å². The Kier molecular flexibility index (Phi) is 4.89. The van der Waals surface area contributed by atoms with Gasteiger partial charge in [-0.05, 0) is 50.3 Å². The first-order chi connectivity index (χ1) is 9.85. The first-order valence-electron chi connectivity index (χ1n) is 7.69. The smallest absolute Gasteiger partial charge is 0.225 e. The second-order valence-electron chi connectivity index (χ2n) is 5.96. The Bertz CT molecular complexity index is 408. The lowest BCUT2D eigenvalue weighted by Gasteiger charge is -2.33. The van der Waals surface area contributed by atoms with Crippen molar-refractivity contribution < 1.29 is 0 Å². The highest BCUT2D eigenvalue weighted by atomic mass is 79.9. The number of alkyl halides is 1. The number of rotatable bonds is 4. The van der Waals surface area contributed by atoms with Crippen molar-refractivity contribution >= 4 is 21.9 Å². The molecule has 1 aromatic rings. The quantitative estimate of drug-likeness (QED) is 0.790. The van der Waals surface area contributed by atoms with Crippen LogP contribution >= 0.6 is 15.9 Å². The Morgan fingerprint density at radius 3 is 2.30 bits per heavy atom. The van der Waals surface area contributed by atoms with Crippen LogP contribution in [0.15, 0.2) is 12.4 Å². The molecule has 20 heavy (non-hydrogen) atoms. The van der Waals surface area contributed by atoms with Gasteiger partial charge in [-0.2, -0.15) is 0 Å². The number of nitrogens with zero attached hydrogens (tertiary/aromatic N) is 4. The third kappa shape index (κ3) is 3.50. The summed E-state index contributed by atoms with van der Waals surface area (Å²) in [7, 11) is 0. The molecule has 3 heterocycles. The minimum atomic E-state index is 0.825. The highest BCUT2D eigenvalue weighted by Gasteiger charge is 2.23. The zero-order chi connectivity index (χ0) is 13.8. The zero-order valence-corrected chi connectivity index (χ0v) is 13.6. The molecule has 2 aliphatic rings. The van der Waals surface area contributed by atoms with Gasteiger partial charge >= 0.3 is 0 Å². The number of likely N-dealkylation sites (tertiary alicyclic amines) is 1. The van der Waals surface area contributed by atoms with Gasteiger partial charge < -0.3 is 9.80 Å². The molecule has 110 valence electrons. The van der Waals surface area contributed by atoms with E-state index in [0.29, 0.717) is 0 Å². The largest absolute Gasteiger partial charge is 0.341 e. The highest BCUT2D eigenvalue weighted by molar-refractivity contribution is 9.08. The van der Waals surface area contributed by atoms with Crippen LogP contribution in [0.1, 0.15) is 31.2 Å². The van der Waals surface area contributed by atoms with Gasteiger partial charge in [0, 0.05) is 37.4 Å². The van der Waals surface area contributed by atoms with Gasteiger partial charge in [-0.25, -0.2) is 9.97 Å². The normalized spacial score (nSPS) is 21.6. The molecule has 0 aliphatic carbocycles. The van der Waals surface area contributed by atoms with Gasteiger partial charge in [-0.3, -0.25) is 0 Å². The van der Waals surface area contributed by atoms with Crippen LogP contribution in [-0.2, 0) is 5.33 Å². The number of halogens is 1. The molecular weight excluding hydrogens is 316 g/mol. The van der Waals surface area contributed by atoms with E-state index in [0.717, 1.165) is 35.8 Å². The highest BCUT2D eigenvalue weighted by Crippen LogP contribution is 2.23. The fourth-order valence-corrected chi connectivity index (χ4v) is 3.52. The second kappa shape index (κ2) is 6.85. The Morgan fingerprint density at radius 2 is 1.70 bits per heavy atom. The van der Waals surface area contributed by atoms with Crippen molar-refractivity contribution in [3.05, 3.63) is 18.0 Å². The number of hydrogen-bond acceptors (Lipinski definition) is 4. The molecule has 2 fully saturated rings. The topological polar surface area (TPSA) is 32.3 Å². The maximum atomic E-state index is 4.48. The van der Waals surface area contributed by atoms with Gasteiger partial charge in [0.1, 0.15) is 0 Å². The first-order valence-corrected chi connectivity index (χ1v) is 8.81. The Labute approximate surface area is 129 Å². The van der Waals surface area contributed by atoms with Crippen molar-refractivity contribution in [2.75, 3.05) is 37.6 Å². The van der Waals surface area contributed by atoms with E-state index in [1.54, 1.807) is 0 Å². The van der Waals surface area contributed by atoms with Crippen LogP contribution in [0.3, 0.4) is 0 Å². The molecule has 2 saturated heterocycles. The van der Waals surface area contributed by atoms with Crippen LogP contribution in [0.25, 0.3) is 0 Å². The molecule has 0 spiro atoms. The third-order valence-corrected chi connectivity index (χ3v) is 5.11. The Hall–Kier alpha value is -0.680. The number of hydrogen-bond donors (Lipinski definition) is 0. The molecule has 0 aromatic carbocycles. The van der Waals surface area contributed by atoms with Crippen LogP contribution < -0.4 is 4.90 Å². The van der Waals surface area contributed by atoms with Crippen molar-refractivity contribution in [2.24, 2.45) is 5.92 Å². The SMILES string of the molecule is BrCc1cnc(N2CCC(CN3CCCC3)CC2)nc1. The minimum Gasteiger partial charge on any atom is -0.341 e. The number of piperidine rings is 1. The Morgan fingerprint density at radius 1 is 1.05 bits per heavy atom. The molecule has 5 heteroatoms. The molecule has 0 saturated carbocycles. The lowest BCUT2D eigenvalue weighted by Crippen LogP contribution is -2.38. The fourth-order valence-electron chi connectivity index (χ4n) is 3.23. The molecular formula is C15H23BrN4. The summed E-state index contributed by atoms with van der Waals surface area (Å²) in [5.74, 6) is 1.76. The first kappa shape index (κ1) is 14.3. The minimum absolute atomic E-state index is 0.825. The van der Waals surface area contributed by atoms with E-state index < -0.39 is 0 Å². The molecule has 3 rings (SSSR count). The number of anilines is 1. The summed E-state index contributed by atoms with van der Waals surface area (Å²) >= 11 is 3.43. The molecule has 2 aliphatic heterocycles. The lowest BCUT2D eigenvalue weighted by atomic mass is 9.96. The van der Waals surface area contributed by atoms with Gasteiger partial charge in [0.15, 0.2) is 0 Å². The molecule has 0 bridgehead atoms. The predicted octanol–water partition coefficient (Wildman–Crippen LogP) is 2.68. The van der Waals surface area contributed by atoms with Gasteiger partial charge in [0.05, 0.1) is 0 Å². The predicted molar refractivity (Wildman–Crippen MR) is 85.3 cm³/mol. The van der Waals surface area contributed by atoms with E-state index in [1.807, 2.05) is 12.4 Å². The molecule has 0 unspecified atom stereocenters. The maximum absolute atomic E-state index is 4.48. The molecule has 0 amide bonds. The summed E-state index contributed by atoms with van der Waals surface area (Å²) in [4.78, 5) is 13.9. The monoisotopic (exact) mass is 338 g/mol. The van der Waals surface area contributed by atoms with Crippen LogP contribution in [0.5, 0.6) is 0 Å². The summed E-state index contributed by atoms with van der Waals surface area (Å²) in [5.41, 5.74) is 1.14.